The molecule has 5 nitrogen and oxygen atoms in total. The standard InChI is InChI=1S/C17H20N4O/c22-16(15-12-17(15)6-9-18-10-7-17)20-13-2-4-14(5-3-13)21-11-1-8-19-21/h1-5,8,11,15,18H,6-7,9-10,12H2,(H,20,22)/t15-/m1/s1. The van der Waals surface area contributed by atoms with E-state index in [0.29, 0.717) is 0 Å². The van der Waals surface area contributed by atoms with Crippen LogP contribution < -0.4 is 10.6 Å². The molecular weight excluding hydrogens is 276 g/mol. The Morgan fingerprint density at radius 3 is 2.73 bits per heavy atom. The molecule has 2 aliphatic rings. The molecular formula is C17H20N4O. The van der Waals surface area contributed by atoms with Gasteiger partial charge in [-0.05, 0) is 68.1 Å². The van der Waals surface area contributed by atoms with Crippen LogP contribution in [0.4, 0.5) is 5.69 Å². The van der Waals surface area contributed by atoms with Gasteiger partial charge in [0.15, 0.2) is 0 Å². The van der Waals surface area contributed by atoms with Crippen LogP contribution in [0.15, 0.2) is 42.7 Å². The van der Waals surface area contributed by atoms with Crippen LogP contribution in [-0.4, -0.2) is 28.8 Å². The average Bonchev–Trinajstić information content (AvgIpc) is 3.00. The Hall–Kier alpha value is -2.14. The number of benzene rings is 1. The fourth-order valence-corrected chi connectivity index (χ4v) is 3.54. The summed E-state index contributed by atoms with van der Waals surface area (Å²) >= 11 is 0. The summed E-state index contributed by atoms with van der Waals surface area (Å²) in [6.07, 6.45) is 6.96. The number of rotatable bonds is 3. The molecule has 22 heavy (non-hydrogen) atoms. The molecule has 1 spiro atoms. The molecule has 2 heterocycles. The van der Waals surface area contributed by atoms with Gasteiger partial charge in [0.2, 0.25) is 5.91 Å². The van der Waals surface area contributed by atoms with Gasteiger partial charge in [0.25, 0.3) is 0 Å². The summed E-state index contributed by atoms with van der Waals surface area (Å²) in [6, 6.07) is 9.70. The number of hydrogen-bond donors (Lipinski definition) is 2. The molecule has 2 aromatic rings. The third kappa shape index (κ3) is 2.41. The van der Waals surface area contributed by atoms with Crippen LogP contribution in [0, 0.1) is 11.3 Å². The highest BCUT2D eigenvalue weighted by Crippen LogP contribution is 2.58. The number of carbonyl (C=O) groups is 1. The van der Waals surface area contributed by atoms with Crippen LogP contribution in [0.2, 0.25) is 0 Å². The van der Waals surface area contributed by atoms with E-state index in [0.717, 1.165) is 43.7 Å². The molecule has 0 bridgehead atoms. The van der Waals surface area contributed by atoms with Crippen molar-refractivity contribution in [3.05, 3.63) is 42.7 Å². The Balaban J connectivity index is 1.40. The summed E-state index contributed by atoms with van der Waals surface area (Å²) in [6.45, 7) is 2.09. The molecule has 1 saturated heterocycles. The Kier molecular flexibility index (Phi) is 3.22. The molecule has 0 radical (unpaired) electrons. The van der Waals surface area contributed by atoms with Crippen molar-refractivity contribution < 1.29 is 4.79 Å². The Morgan fingerprint density at radius 2 is 2.05 bits per heavy atom. The van der Waals surface area contributed by atoms with E-state index in [1.165, 1.54) is 0 Å². The summed E-state index contributed by atoms with van der Waals surface area (Å²) in [4.78, 5) is 12.4. The summed E-state index contributed by atoms with van der Waals surface area (Å²) in [7, 11) is 0. The summed E-state index contributed by atoms with van der Waals surface area (Å²) < 4.78 is 1.80. The fraction of sp³-hybridized carbons (Fsp3) is 0.412. The molecule has 4 rings (SSSR count). The number of carbonyl (C=O) groups excluding carboxylic acids is 1. The number of aromatic nitrogens is 2. The molecule has 114 valence electrons. The molecule has 5 heteroatoms. The van der Waals surface area contributed by atoms with Crippen LogP contribution >= 0.6 is 0 Å². The molecule has 1 amide bonds. The predicted molar refractivity (Wildman–Crippen MR) is 84.8 cm³/mol. The first-order valence-corrected chi connectivity index (χ1v) is 7.89. The van der Waals surface area contributed by atoms with Gasteiger partial charge in [0.1, 0.15) is 0 Å². The first-order valence-electron chi connectivity index (χ1n) is 7.89. The van der Waals surface area contributed by atoms with Gasteiger partial charge in [-0.25, -0.2) is 4.68 Å². The SMILES string of the molecule is O=C(Nc1ccc(-n2cccn2)cc1)[C@H]1CC12CCNCC2. The van der Waals surface area contributed by atoms with E-state index >= 15 is 0 Å². The highest BCUT2D eigenvalue weighted by Gasteiger charge is 2.57. The van der Waals surface area contributed by atoms with Crippen LogP contribution in [0.3, 0.4) is 0 Å². The van der Waals surface area contributed by atoms with Gasteiger partial charge in [0.05, 0.1) is 5.69 Å². The quantitative estimate of drug-likeness (QED) is 0.913. The lowest BCUT2D eigenvalue weighted by molar-refractivity contribution is -0.118. The smallest absolute Gasteiger partial charge is 0.228 e. The van der Waals surface area contributed by atoms with Crippen molar-refractivity contribution in [2.24, 2.45) is 11.3 Å². The van der Waals surface area contributed by atoms with Gasteiger partial charge in [-0.1, -0.05) is 0 Å². The van der Waals surface area contributed by atoms with Crippen molar-refractivity contribution in [2.75, 3.05) is 18.4 Å². The normalized spacial score (nSPS) is 22.5. The molecule has 1 aliphatic carbocycles. The molecule has 1 aliphatic heterocycles. The maximum atomic E-state index is 12.4. The number of nitrogens with zero attached hydrogens (tertiary/aromatic N) is 2. The number of anilines is 1. The van der Waals surface area contributed by atoms with Gasteiger partial charge in [-0.3, -0.25) is 4.79 Å². The van der Waals surface area contributed by atoms with Crippen molar-refractivity contribution in [3.63, 3.8) is 0 Å². The second-order valence-electron chi connectivity index (χ2n) is 6.36. The van der Waals surface area contributed by atoms with Gasteiger partial charge < -0.3 is 10.6 Å². The van der Waals surface area contributed by atoms with Gasteiger partial charge in [-0.15, -0.1) is 0 Å². The Bertz CT molecular complexity index is 656. The van der Waals surface area contributed by atoms with Gasteiger partial charge >= 0.3 is 0 Å². The first kappa shape index (κ1) is 13.5. The summed E-state index contributed by atoms with van der Waals surface area (Å²) in [5.41, 5.74) is 2.13. The highest BCUT2D eigenvalue weighted by atomic mass is 16.2. The highest BCUT2D eigenvalue weighted by molar-refractivity contribution is 5.95. The van der Waals surface area contributed by atoms with Crippen molar-refractivity contribution in [1.29, 1.82) is 0 Å². The zero-order chi connectivity index (χ0) is 15.0. The molecule has 1 atom stereocenters. The van der Waals surface area contributed by atoms with Gasteiger partial charge in [0, 0.05) is 24.0 Å². The second-order valence-corrected chi connectivity index (χ2v) is 6.36. The lowest BCUT2D eigenvalue weighted by Gasteiger charge is -2.23. The molecule has 1 aromatic carbocycles. The third-order valence-electron chi connectivity index (χ3n) is 5.01. The Labute approximate surface area is 129 Å². The van der Waals surface area contributed by atoms with Crippen LogP contribution in [0.5, 0.6) is 0 Å². The van der Waals surface area contributed by atoms with E-state index in [9.17, 15) is 4.79 Å². The van der Waals surface area contributed by atoms with Crippen molar-refractivity contribution >= 4 is 11.6 Å². The number of piperidine rings is 1. The van der Waals surface area contributed by atoms with E-state index in [1.807, 2.05) is 36.5 Å². The van der Waals surface area contributed by atoms with E-state index < -0.39 is 0 Å². The van der Waals surface area contributed by atoms with E-state index in [2.05, 4.69) is 15.7 Å². The van der Waals surface area contributed by atoms with Crippen LogP contribution in [-0.2, 0) is 4.79 Å². The molecule has 2 fully saturated rings. The maximum absolute atomic E-state index is 12.4. The van der Waals surface area contributed by atoms with E-state index in [4.69, 9.17) is 0 Å². The summed E-state index contributed by atoms with van der Waals surface area (Å²) in [5, 5.41) is 10.6. The second kappa shape index (κ2) is 5.25. The minimum absolute atomic E-state index is 0.175. The number of amides is 1. The zero-order valence-electron chi connectivity index (χ0n) is 12.5. The average molecular weight is 296 g/mol. The minimum Gasteiger partial charge on any atom is -0.326 e. The minimum atomic E-state index is 0.175. The van der Waals surface area contributed by atoms with Crippen molar-refractivity contribution in [3.8, 4) is 5.69 Å². The monoisotopic (exact) mass is 296 g/mol. The van der Waals surface area contributed by atoms with E-state index in [1.54, 1.807) is 10.9 Å². The molecule has 2 N–H and O–H groups in total. The largest absolute Gasteiger partial charge is 0.326 e. The number of hydrogen-bond acceptors (Lipinski definition) is 3. The third-order valence-corrected chi connectivity index (χ3v) is 5.01. The van der Waals surface area contributed by atoms with Crippen LogP contribution in [0.25, 0.3) is 5.69 Å². The Morgan fingerprint density at radius 1 is 1.27 bits per heavy atom. The number of nitrogens with one attached hydrogen (secondary N) is 2. The van der Waals surface area contributed by atoms with Crippen molar-refractivity contribution in [1.82, 2.24) is 15.1 Å². The molecule has 1 saturated carbocycles. The predicted octanol–water partition coefficient (Wildman–Crippen LogP) is 2.20. The lowest BCUT2D eigenvalue weighted by Crippen LogP contribution is -2.31. The van der Waals surface area contributed by atoms with Gasteiger partial charge in [-0.2, -0.15) is 5.10 Å². The molecule has 1 aromatic heterocycles. The first-order chi connectivity index (χ1) is 10.8. The topological polar surface area (TPSA) is 59.0 Å². The van der Waals surface area contributed by atoms with Crippen molar-refractivity contribution in [2.45, 2.75) is 19.3 Å². The lowest BCUT2D eigenvalue weighted by atomic mass is 9.92. The maximum Gasteiger partial charge on any atom is 0.228 e. The summed E-state index contributed by atoms with van der Waals surface area (Å²) in [5.74, 6) is 0.370. The molecule has 0 unspecified atom stereocenters. The van der Waals surface area contributed by atoms with E-state index in [-0.39, 0.29) is 17.2 Å². The zero-order valence-corrected chi connectivity index (χ0v) is 12.5. The van der Waals surface area contributed by atoms with Crippen LogP contribution in [0.1, 0.15) is 19.3 Å². The fourth-order valence-electron chi connectivity index (χ4n) is 3.54.